The van der Waals surface area contributed by atoms with Gasteiger partial charge in [-0.3, -0.25) is 4.79 Å². The van der Waals surface area contributed by atoms with Gasteiger partial charge >= 0.3 is 0 Å². The number of carbonyl (C=O) groups is 1. The van der Waals surface area contributed by atoms with Gasteiger partial charge in [-0.25, -0.2) is 8.78 Å². The summed E-state index contributed by atoms with van der Waals surface area (Å²) < 4.78 is 30.8. The van der Waals surface area contributed by atoms with E-state index in [2.05, 4.69) is 5.32 Å². The molecule has 1 atom stereocenters. The Bertz CT molecular complexity index is 431. The van der Waals surface area contributed by atoms with E-state index >= 15 is 0 Å². The number of ether oxygens (including phenoxy) is 1. The summed E-state index contributed by atoms with van der Waals surface area (Å²) in [5.74, 6) is -1.74. The lowest BCUT2D eigenvalue weighted by atomic mass is 10.3. The minimum Gasteiger partial charge on any atom is -0.394 e. The van der Waals surface area contributed by atoms with Crippen molar-refractivity contribution >= 4 is 17.7 Å². The molecule has 1 aromatic carbocycles. The summed E-state index contributed by atoms with van der Waals surface area (Å²) in [4.78, 5) is 11.7. The van der Waals surface area contributed by atoms with Gasteiger partial charge < -0.3 is 15.2 Å². The number of methoxy groups -OCH3 is 1. The van der Waals surface area contributed by atoms with Crippen LogP contribution in [-0.2, 0) is 9.53 Å². The molecule has 0 aliphatic heterocycles. The number of halogens is 2. The Labute approximate surface area is 114 Å². The fourth-order valence-corrected chi connectivity index (χ4v) is 2.08. The molecule has 0 aliphatic rings. The molecular weight excluding hydrogens is 276 g/mol. The number of thioether (sulfide) groups is 1. The van der Waals surface area contributed by atoms with Crippen LogP contribution in [0.3, 0.4) is 0 Å². The Balaban J connectivity index is 2.45. The maximum Gasteiger partial charge on any atom is 0.230 e. The molecule has 0 aromatic heterocycles. The first kappa shape index (κ1) is 15.9. The molecule has 0 heterocycles. The topological polar surface area (TPSA) is 58.6 Å². The van der Waals surface area contributed by atoms with E-state index in [4.69, 9.17) is 9.84 Å². The molecule has 0 aliphatic carbocycles. The monoisotopic (exact) mass is 291 g/mol. The van der Waals surface area contributed by atoms with Crippen LogP contribution in [-0.4, -0.2) is 43.1 Å². The predicted molar refractivity (Wildman–Crippen MR) is 68.0 cm³/mol. The maximum absolute atomic E-state index is 13.3. The zero-order chi connectivity index (χ0) is 14.3. The van der Waals surface area contributed by atoms with Crippen LogP contribution >= 0.6 is 11.8 Å². The van der Waals surface area contributed by atoms with Crippen molar-refractivity contribution < 1.29 is 23.4 Å². The van der Waals surface area contributed by atoms with Crippen molar-refractivity contribution in [3.8, 4) is 0 Å². The van der Waals surface area contributed by atoms with Crippen molar-refractivity contribution in [1.29, 1.82) is 0 Å². The third-order valence-electron chi connectivity index (χ3n) is 2.21. The fraction of sp³-hybridized carbons (Fsp3) is 0.417. The third kappa shape index (κ3) is 5.54. The van der Waals surface area contributed by atoms with Gasteiger partial charge in [0.15, 0.2) is 0 Å². The molecule has 1 aromatic rings. The summed E-state index contributed by atoms with van der Waals surface area (Å²) in [6.07, 6.45) is 0. The second-order valence-electron chi connectivity index (χ2n) is 3.77. The van der Waals surface area contributed by atoms with Crippen LogP contribution in [0.5, 0.6) is 0 Å². The summed E-state index contributed by atoms with van der Waals surface area (Å²) in [5.41, 5.74) is 0. The van der Waals surface area contributed by atoms with Crippen molar-refractivity contribution in [3.05, 3.63) is 29.8 Å². The molecule has 0 spiro atoms. The van der Waals surface area contributed by atoms with Crippen molar-refractivity contribution in [1.82, 2.24) is 5.32 Å². The van der Waals surface area contributed by atoms with Gasteiger partial charge in [-0.2, -0.15) is 0 Å². The van der Waals surface area contributed by atoms with E-state index in [1.165, 1.54) is 13.2 Å². The average Bonchev–Trinajstić information content (AvgIpc) is 2.37. The standard InChI is InChI=1S/C12H15F2NO3S/c1-18-6-9(5-16)15-12(17)7-19-11-3-2-8(13)4-10(11)14/h2-4,9,16H,5-7H2,1H3,(H,15,17). The Morgan fingerprint density at radius 2 is 2.26 bits per heavy atom. The smallest absolute Gasteiger partial charge is 0.230 e. The molecule has 1 amide bonds. The van der Waals surface area contributed by atoms with Crippen LogP contribution in [0.1, 0.15) is 0 Å². The number of benzene rings is 1. The zero-order valence-electron chi connectivity index (χ0n) is 10.4. The molecule has 0 radical (unpaired) electrons. The van der Waals surface area contributed by atoms with Crippen molar-refractivity contribution in [2.75, 3.05) is 26.1 Å². The Hall–Kier alpha value is -1.18. The van der Waals surface area contributed by atoms with Gasteiger partial charge in [0, 0.05) is 18.1 Å². The number of aliphatic hydroxyl groups excluding tert-OH is 1. The summed E-state index contributed by atoms with van der Waals surface area (Å²) in [6.45, 7) is -0.0486. The highest BCUT2D eigenvalue weighted by Crippen LogP contribution is 2.21. The fourth-order valence-electron chi connectivity index (χ4n) is 1.35. The highest BCUT2D eigenvalue weighted by Gasteiger charge is 2.12. The third-order valence-corrected chi connectivity index (χ3v) is 3.25. The van der Waals surface area contributed by atoms with Gasteiger partial charge in [0.2, 0.25) is 5.91 Å². The number of nitrogens with one attached hydrogen (secondary N) is 1. The van der Waals surface area contributed by atoms with Crippen LogP contribution in [0.2, 0.25) is 0 Å². The van der Waals surface area contributed by atoms with Gasteiger partial charge in [0.1, 0.15) is 11.6 Å². The van der Waals surface area contributed by atoms with E-state index in [9.17, 15) is 13.6 Å². The van der Waals surface area contributed by atoms with Crippen LogP contribution in [0.25, 0.3) is 0 Å². The van der Waals surface area contributed by atoms with E-state index in [1.807, 2.05) is 0 Å². The van der Waals surface area contributed by atoms with Gasteiger partial charge in [0.05, 0.1) is 25.0 Å². The number of rotatable bonds is 7. The van der Waals surface area contributed by atoms with E-state index in [0.29, 0.717) is 0 Å². The molecule has 106 valence electrons. The Kier molecular flexibility index (Phi) is 6.75. The first-order valence-electron chi connectivity index (χ1n) is 5.53. The second-order valence-corrected chi connectivity index (χ2v) is 4.78. The number of hydrogen-bond donors (Lipinski definition) is 2. The molecule has 4 nitrogen and oxygen atoms in total. The van der Waals surface area contributed by atoms with Crippen LogP contribution in [0.4, 0.5) is 8.78 Å². The first-order chi connectivity index (χ1) is 9.06. The molecule has 0 bridgehead atoms. The Morgan fingerprint density at radius 3 is 2.84 bits per heavy atom. The van der Waals surface area contributed by atoms with Crippen molar-refractivity contribution in [3.63, 3.8) is 0 Å². The minimum atomic E-state index is -0.701. The first-order valence-corrected chi connectivity index (χ1v) is 6.52. The normalized spacial score (nSPS) is 12.2. The average molecular weight is 291 g/mol. The zero-order valence-corrected chi connectivity index (χ0v) is 11.2. The van der Waals surface area contributed by atoms with Crippen molar-refractivity contribution in [2.45, 2.75) is 10.9 Å². The van der Waals surface area contributed by atoms with Crippen LogP contribution in [0.15, 0.2) is 23.1 Å². The number of aliphatic hydroxyl groups is 1. The maximum atomic E-state index is 13.3. The van der Waals surface area contributed by atoms with E-state index in [0.717, 1.165) is 23.9 Å². The van der Waals surface area contributed by atoms with Crippen LogP contribution < -0.4 is 5.32 Å². The molecule has 19 heavy (non-hydrogen) atoms. The highest BCUT2D eigenvalue weighted by atomic mass is 32.2. The van der Waals surface area contributed by atoms with Gasteiger partial charge in [0.25, 0.3) is 0 Å². The quantitative estimate of drug-likeness (QED) is 0.741. The number of hydrogen-bond acceptors (Lipinski definition) is 4. The lowest BCUT2D eigenvalue weighted by Crippen LogP contribution is -2.41. The SMILES string of the molecule is COCC(CO)NC(=O)CSc1ccc(F)cc1F. The van der Waals surface area contributed by atoms with E-state index < -0.39 is 17.7 Å². The summed E-state index contributed by atoms with van der Waals surface area (Å²) in [7, 11) is 1.46. The van der Waals surface area contributed by atoms with E-state index in [1.54, 1.807) is 0 Å². The van der Waals surface area contributed by atoms with Gasteiger partial charge in [-0.1, -0.05) is 0 Å². The lowest BCUT2D eigenvalue weighted by Gasteiger charge is -2.14. The molecule has 1 rings (SSSR count). The summed E-state index contributed by atoms with van der Waals surface area (Å²) in [6, 6.07) is 2.68. The van der Waals surface area contributed by atoms with Gasteiger partial charge in [-0.05, 0) is 12.1 Å². The lowest BCUT2D eigenvalue weighted by molar-refractivity contribution is -0.120. The van der Waals surface area contributed by atoms with E-state index in [-0.39, 0.29) is 29.8 Å². The molecule has 0 saturated carbocycles. The Morgan fingerprint density at radius 1 is 1.53 bits per heavy atom. The van der Waals surface area contributed by atoms with Crippen molar-refractivity contribution in [2.24, 2.45) is 0 Å². The molecule has 7 heteroatoms. The molecular formula is C12H15F2NO3S. The molecule has 0 saturated heterocycles. The number of carbonyl (C=O) groups excluding carboxylic acids is 1. The minimum absolute atomic E-state index is 0.0250. The molecule has 2 N–H and O–H groups in total. The molecule has 0 fully saturated rings. The highest BCUT2D eigenvalue weighted by molar-refractivity contribution is 8.00. The second kappa shape index (κ2) is 8.08. The van der Waals surface area contributed by atoms with Crippen LogP contribution in [0, 0.1) is 11.6 Å². The largest absolute Gasteiger partial charge is 0.394 e. The summed E-state index contributed by atoms with van der Waals surface area (Å²) in [5, 5.41) is 11.5. The predicted octanol–water partition coefficient (Wildman–Crippen LogP) is 1.18. The van der Waals surface area contributed by atoms with Gasteiger partial charge in [-0.15, -0.1) is 11.8 Å². The summed E-state index contributed by atoms with van der Waals surface area (Å²) >= 11 is 0.958. The number of amides is 1. The molecule has 1 unspecified atom stereocenters.